The number of hydrogen-bond acceptors (Lipinski definition) is 5. The lowest BCUT2D eigenvalue weighted by Crippen LogP contribution is -2.48. The van der Waals surface area contributed by atoms with E-state index in [1.165, 1.54) is 0 Å². The third kappa shape index (κ3) is 6.08. The van der Waals surface area contributed by atoms with Crippen LogP contribution < -0.4 is 20.3 Å². The van der Waals surface area contributed by atoms with Crippen LogP contribution in [0.3, 0.4) is 0 Å². The lowest BCUT2D eigenvalue weighted by Gasteiger charge is -2.35. The number of carbonyl (C=O) groups excluding carboxylic acids is 2. The Morgan fingerprint density at radius 1 is 1.10 bits per heavy atom. The summed E-state index contributed by atoms with van der Waals surface area (Å²) in [5, 5.41) is 6.22. The molecular formula is C22H25ClN4O3S. The van der Waals surface area contributed by atoms with Crippen molar-refractivity contribution in [1.29, 1.82) is 0 Å². The zero-order valence-electron chi connectivity index (χ0n) is 17.5. The number of halogens is 1. The van der Waals surface area contributed by atoms with Gasteiger partial charge in [-0.2, -0.15) is 0 Å². The Morgan fingerprint density at radius 2 is 1.77 bits per heavy atom. The zero-order chi connectivity index (χ0) is 22.4. The summed E-state index contributed by atoms with van der Waals surface area (Å²) < 4.78 is 5.38. The molecule has 2 aromatic rings. The number of anilines is 2. The highest BCUT2D eigenvalue weighted by atomic mass is 35.5. The molecule has 2 amide bonds. The van der Waals surface area contributed by atoms with Crippen molar-refractivity contribution in [3.63, 3.8) is 0 Å². The number of nitrogens with zero attached hydrogens (tertiary/aromatic N) is 2. The third-order valence-electron chi connectivity index (χ3n) is 4.94. The molecule has 31 heavy (non-hydrogen) atoms. The Hall–Kier alpha value is -2.84. The van der Waals surface area contributed by atoms with Crippen LogP contribution in [0.2, 0.25) is 5.02 Å². The summed E-state index contributed by atoms with van der Waals surface area (Å²) in [5.41, 5.74) is 2.23. The molecule has 0 unspecified atom stereocenters. The minimum atomic E-state index is -0.359. The van der Waals surface area contributed by atoms with Crippen LogP contribution in [-0.4, -0.2) is 54.6 Å². The van der Waals surface area contributed by atoms with E-state index in [1.54, 1.807) is 25.1 Å². The van der Waals surface area contributed by atoms with Crippen LogP contribution in [-0.2, 0) is 4.79 Å². The molecule has 0 aromatic heterocycles. The fourth-order valence-electron chi connectivity index (χ4n) is 3.29. The molecule has 0 spiro atoms. The standard InChI is InChI=1S/C22H25ClN4O3S/c1-3-30-20-9-4-16(14-19(20)23)21(29)25-22(31)24-17-5-7-18(8-6-17)27-12-10-26(11-13-27)15(2)28/h4-9,14H,3,10-13H2,1-2H3,(H2,24,25,29,31). The van der Waals surface area contributed by atoms with E-state index in [1.807, 2.05) is 36.1 Å². The molecule has 1 aliphatic rings. The molecule has 2 aromatic carbocycles. The quantitative estimate of drug-likeness (QED) is 0.665. The fourth-order valence-corrected chi connectivity index (χ4v) is 3.73. The topological polar surface area (TPSA) is 73.9 Å². The van der Waals surface area contributed by atoms with E-state index in [2.05, 4.69) is 15.5 Å². The average Bonchev–Trinajstić information content (AvgIpc) is 2.75. The van der Waals surface area contributed by atoms with Crippen molar-refractivity contribution in [3.8, 4) is 5.75 Å². The summed E-state index contributed by atoms with van der Waals surface area (Å²) in [6.07, 6.45) is 0. The van der Waals surface area contributed by atoms with Crippen molar-refractivity contribution in [2.45, 2.75) is 13.8 Å². The van der Waals surface area contributed by atoms with Gasteiger partial charge >= 0.3 is 0 Å². The first kappa shape index (κ1) is 22.8. The average molecular weight is 461 g/mol. The maximum Gasteiger partial charge on any atom is 0.257 e. The second-order valence-corrected chi connectivity index (χ2v) is 7.84. The normalized spacial score (nSPS) is 13.5. The zero-order valence-corrected chi connectivity index (χ0v) is 19.1. The number of piperazine rings is 1. The number of amides is 2. The second-order valence-electron chi connectivity index (χ2n) is 7.03. The predicted molar refractivity (Wildman–Crippen MR) is 127 cm³/mol. The number of rotatable bonds is 5. The summed E-state index contributed by atoms with van der Waals surface area (Å²) >= 11 is 11.4. The minimum Gasteiger partial charge on any atom is -0.492 e. The molecule has 0 radical (unpaired) electrons. The number of carbonyl (C=O) groups is 2. The van der Waals surface area contributed by atoms with E-state index in [9.17, 15) is 9.59 Å². The van der Waals surface area contributed by atoms with Crippen molar-refractivity contribution in [2.24, 2.45) is 0 Å². The molecule has 0 bridgehead atoms. The van der Waals surface area contributed by atoms with Crippen molar-refractivity contribution in [2.75, 3.05) is 43.0 Å². The number of ether oxygens (including phenoxy) is 1. The lowest BCUT2D eigenvalue weighted by atomic mass is 10.2. The van der Waals surface area contributed by atoms with E-state index in [4.69, 9.17) is 28.6 Å². The highest BCUT2D eigenvalue weighted by Crippen LogP contribution is 2.25. The summed E-state index contributed by atoms with van der Waals surface area (Å²) in [5.74, 6) is 0.286. The van der Waals surface area contributed by atoms with Gasteiger partial charge < -0.3 is 19.9 Å². The van der Waals surface area contributed by atoms with Crippen molar-refractivity contribution in [1.82, 2.24) is 10.2 Å². The Balaban J connectivity index is 1.53. The van der Waals surface area contributed by atoms with Gasteiger partial charge in [-0.1, -0.05) is 11.6 Å². The first-order valence-electron chi connectivity index (χ1n) is 10.0. The van der Waals surface area contributed by atoms with Crippen molar-refractivity contribution >= 4 is 52.1 Å². The minimum absolute atomic E-state index is 0.113. The molecule has 1 saturated heterocycles. The number of nitrogens with one attached hydrogen (secondary N) is 2. The van der Waals surface area contributed by atoms with Gasteiger partial charge in [-0.3, -0.25) is 14.9 Å². The molecule has 3 rings (SSSR count). The van der Waals surface area contributed by atoms with E-state index < -0.39 is 0 Å². The molecule has 0 saturated carbocycles. The van der Waals surface area contributed by atoms with Crippen LogP contribution >= 0.6 is 23.8 Å². The summed E-state index contributed by atoms with van der Waals surface area (Å²) in [6, 6.07) is 12.6. The van der Waals surface area contributed by atoms with Crippen LogP contribution in [0.5, 0.6) is 5.75 Å². The smallest absolute Gasteiger partial charge is 0.257 e. The summed E-state index contributed by atoms with van der Waals surface area (Å²) in [6.45, 7) is 7.00. The molecule has 0 aliphatic carbocycles. The highest BCUT2D eigenvalue weighted by Gasteiger charge is 2.18. The lowest BCUT2D eigenvalue weighted by molar-refractivity contribution is -0.129. The number of benzene rings is 2. The first-order valence-corrected chi connectivity index (χ1v) is 10.8. The van der Waals surface area contributed by atoms with Crippen LogP contribution in [0, 0.1) is 0 Å². The maximum atomic E-state index is 12.4. The molecule has 1 fully saturated rings. The fraction of sp³-hybridized carbons (Fsp3) is 0.318. The molecule has 164 valence electrons. The van der Waals surface area contributed by atoms with E-state index >= 15 is 0 Å². The summed E-state index contributed by atoms with van der Waals surface area (Å²) in [4.78, 5) is 28.0. The molecular weight excluding hydrogens is 436 g/mol. The Labute approximate surface area is 192 Å². The Kier molecular flexibility index (Phi) is 7.70. The monoisotopic (exact) mass is 460 g/mol. The van der Waals surface area contributed by atoms with Crippen LogP contribution in [0.4, 0.5) is 11.4 Å². The Bertz CT molecular complexity index is 960. The molecule has 2 N–H and O–H groups in total. The molecule has 0 atom stereocenters. The highest BCUT2D eigenvalue weighted by molar-refractivity contribution is 7.80. The van der Waals surface area contributed by atoms with Crippen molar-refractivity contribution in [3.05, 3.63) is 53.1 Å². The van der Waals surface area contributed by atoms with Gasteiger partial charge in [-0.25, -0.2) is 0 Å². The summed E-state index contributed by atoms with van der Waals surface area (Å²) in [7, 11) is 0. The number of thiocarbonyl (C=S) groups is 1. The van der Waals surface area contributed by atoms with Crippen LogP contribution in [0.25, 0.3) is 0 Å². The van der Waals surface area contributed by atoms with Gasteiger partial charge in [0.25, 0.3) is 5.91 Å². The molecule has 1 heterocycles. The van der Waals surface area contributed by atoms with Gasteiger partial charge in [0, 0.05) is 50.0 Å². The molecule has 7 nitrogen and oxygen atoms in total. The number of hydrogen-bond donors (Lipinski definition) is 2. The second kappa shape index (κ2) is 10.5. The third-order valence-corrected chi connectivity index (χ3v) is 5.44. The maximum absolute atomic E-state index is 12.4. The van der Waals surface area contributed by atoms with Crippen molar-refractivity contribution < 1.29 is 14.3 Å². The van der Waals surface area contributed by atoms with Gasteiger partial charge in [0.05, 0.1) is 11.6 Å². The van der Waals surface area contributed by atoms with E-state index in [0.29, 0.717) is 22.9 Å². The molecule has 1 aliphatic heterocycles. The molecule has 9 heteroatoms. The first-order chi connectivity index (χ1) is 14.9. The van der Waals surface area contributed by atoms with E-state index in [-0.39, 0.29) is 16.9 Å². The van der Waals surface area contributed by atoms with Gasteiger partial charge in [-0.05, 0) is 61.6 Å². The van der Waals surface area contributed by atoms with E-state index in [0.717, 1.165) is 37.6 Å². The largest absolute Gasteiger partial charge is 0.492 e. The van der Waals surface area contributed by atoms with Gasteiger partial charge in [0.2, 0.25) is 5.91 Å². The predicted octanol–water partition coefficient (Wildman–Crippen LogP) is 3.53. The van der Waals surface area contributed by atoms with Gasteiger partial charge in [-0.15, -0.1) is 0 Å². The van der Waals surface area contributed by atoms with Crippen LogP contribution in [0.15, 0.2) is 42.5 Å². The van der Waals surface area contributed by atoms with Crippen LogP contribution in [0.1, 0.15) is 24.2 Å². The Morgan fingerprint density at radius 3 is 2.35 bits per heavy atom. The van der Waals surface area contributed by atoms with Gasteiger partial charge in [0.1, 0.15) is 5.75 Å². The SMILES string of the molecule is CCOc1ccc(C(=O)NC(=S)Nc2ccc(N3CCN(C(C)=O)CC3)cc2)cc1Cl. The van der Waals surface area contributed by atoms with Gasteiger partial charge in [0.15, 0.2) is 5.11 Å².